The lowest BCUT2D eigenvalue weighted by Gasteiger charge is -2.20. The molecular weight excluding hydrogens is 270 g/mol. The molecule has 1 aromatic heterocycles. The van der Waals surface area contributed by atoms with Gasteiger partial charge in [-0.25, -0.2) is 0 Å². The molecule has 1 heterocycles. The van der Waals surface area contributed by atoms with E-state index in [0.29, 0.717) is 19.4 Å². The Bertz CT molecular complexity index is 522. The van der Waals surface area contributed by atoms with Crippen molar-refractivity contribution in [2.75, 3.05) is 20.7 Å². The Morgan fingerprint density at radius 3 is 2.48 bits per heavy atom. The number of methoxy groups -OCH3 is 1. The van der Waals surface area contributed by atoms with E-state index in [1.807, 2.05) is 25.6 Å². The molecule has 1 rings (SSSR count). The van der Waals surface area contributed by atoms with Crippen molar-refractivity contribution in [3.8, 4) is 0 Å². The van der Waals surface area contributed by atoms with Crippen LogP contribution in [0.2, 0.25) is 0 Å². The molecule has 1 amide bonds. The van der Waals surface area contributed by atoms with Gasteiger partial charge in [-0.2, -0.15) is 5.10 Å². The standard InChI is InChI=1S/C15H25N3O3/c1-10(15(20)21-6)9-17(4)14(19)8-7-13-11(2)16-18(5)12(13)3/h10H,7-9H2,1-6H3. The van der Waals surface area contributed by atoms with Gasteiger partial charge in [0, 0.05) is 32.8 Å². The lowest BCUT2D eigenvalue weighted by atomic mass is 10.1. The highest BCUT2D eigenvalue weighted by Gasteiger charge is 2.19. The molecule has 0 aliphatic rings. The summed E-state index contributed by atoms with van der Waals surface area (Å²) in [6.07, 6.45) is 1.08. The molecule has 1 aromatic rings. The van der Waals surface area contributed by atoms with Crippen molar-refractivity contribution < 1.29 is 14.3 Å². The largest absolute Gasteiger partial charge is 0.469 e. The first kappa shape index (κ1) is 17.2. The van der Waals surface area contributed by atoms with Gasteiger partial charge in [-0.1, -0.05) is 6.92 Å². The first-order valence-electron chi connectivity index (χ1n) is 7.08. The Balaban J connectivity index is 2.55. The van der Waals surface area contributed by atoms with Gasteiger partial charge in [-0.05, 0) is 25.8 Å². The number of aromatic nitrogens is 2. The summed E-state index contributed by atoms with van der Waals surface area (Å²) in [6.45, 7) is 6.08. The zero-order valence-corrected chi connectivity index (χ0v) is 13.8. The normalized spacial score (nSPS) is 12.1. The Hall–Kier alpha value is -1.85. The number of ether oxygens (including phenoxy) is 1. The smallest absolute Gasteiger partial charge is 0.310 e. The number of esters is 1. The van der Waals surface area contributed by atoms with Crippen molar-refractivity contribution >= 4 is 11.9 Å². The van der Waals surface area contributed by atoms with E-state index >= 15 is 0 Å². The predicted molar refractivity (Wildman–Crippen MR) is 79.8 cm³/mol. The lowest BCUT2D eigenvalue weighted by molar-refractivity contribution is -0.146. The van der Waals surface area contributed by atoms with Crippen LogP contribution in [0.3, 0.4) is 0 Å². The van der Waals surface area contributed by atoms with Gasteiger partial charge in [0.2, 0.25) is 5.91 Å². The molecule has 0 bridgehead atoms. The highest BCUT2D eigenvalue weighted by molar-refractivity contribution is 5.78. The topological polar surface area (TPSA) is 64.4 Å². The molecule has 0 saturated carbocycles. The SMILES string of the molecule is COC(=O)C(C)CN(C)C(=O)CCc1c(C)nn(C)c1C. The van der Waals surface area contributed by atoms with Crippen molar-refractivity contribution in [3.05, 3.63) is 17.0 Å². The maximum atomic E-state index is 12.1. The van der Waals surface area contributed by atoms with Gasteiger partial charge in [0.15, 0.2) is 0 Å². The average Bonchev–Trinajstić information content (AvgIpc) is 2.68. The minimum atomic E-state index is -0.314. The molecule has 0 aromatic carbocycles. The van der Waals surface area contributed by atoms with E-state index in [4.69, 9.17) is 0 Å². The van der Waals surface area contributed by atoms with Crippen LogP contribution in [0.15, 0.2) is 0 Å². The zero-order chi connectivity index (χ0) is 16.2. The fourth-order valence-electron chi connectivity index (χ4n) is 2.39. The molecule has 1 unspecified atom stereocenters. The third-order valence-electron chi connectivity index (χ3n) is 3.82. The first-order chi connectivity index (χ1) is 9.77. The fraction of sp³-hybridized carbons (Fsp3) is 0.667. The van der Waals surface area contributed by atoms with Crippen molar-refractivity contribution in [1.82, 2.24) is 14.7 Å². The minimum absolute atomic E-state index is 0.0217. The van der Waals surface area contributed by atoms with Gasteiger partial charge >= 0.3 is 5.97 Å². The molecule has 0 aliphatic carbocycles. The summed E-state index contributed by atoms with van der Waals surface area (Å²) in [7, 11) is 4.97. The summed E-state index contributed by atoms with van der Waals surface area (Å²) in [5, 5.41) is 4.35. The summed E-state index contributed by atoms with van der Waals surface area (Å²) in [5.41, 5.74) is 3.18. The van der Waals surface area contributed by atoms with Crippen LogP contribution in [-0.4, -0.2) is 47.3 Å². The van der Waals surface area contributed by atoms with Crippen molar-refractivity contribution in [2.24, 2.45) is 13.0 Å². The van der Waals surface area contributed by atoms with Gasteiger partial charge in [0.1, 0.15) is 0 Å². The summed E-state index contributed by atoms with van der Waals surface area (Å²) >= 11 is 0. The van der Waals surface area contributed by atoms with Crippen LogP contribution in [0.1, 0.15) is 30.3 Å². The van der Waals surface area contributed by atoms with Gasteiger partial charge in [0.25, 0.3) is 0 Å². The minimum Gasteiger partial charge on any atom is -0.469 e. The summed E-state index contributed by atoms with van der Waals surface area (Å²) < 4.78 is 6.50. The van der Waals surface area contributed by atoms with Crippen LogP contribution in [0.5, 0.6) is 0 Å². The summed E-state index contributed by atoms with van der Waals surface area (Å²) in [5.74, 6) is -0.590. The van der Waals surface area contributed by atoms with Crippen LogP contribution < -0.4 is 0 Å². The fourth-order valence-corrected chi connectivity index (χ4v) is 2.39. The van der Waals surface area contributed by atoms with Gasteiger partial charge in [-0.15, -0.1) is 0 Å². The van der Waals surface area contributed by atoms with E-state index in [1.54, 1.807) is 18.9 Å². The molecule has 0 fully saturated rings. The molecular formula is C15H25N3O3. The molecule has 21 heavy (non-hydrogen) atoms. The Morgan fingerprint density at radius 1 is 1.38 bits per heavy atom. The molecule has 0 aliphatic heterocycles. The van der Waals surface area contributed by atoms with Gasteiger partial charge in [0.05, 0.1) is 18.7 Å². The number of carbonyl (C=O) groups is 2. The van der Waals surface area contributed by atoms with Crippen LogP contribution in [0.25, 0.3) is 0 Å². The van der Waals surface area contributed by atoms with Crippen LogP contribution in [0, 0.1) is 19.8 Å². The molecule has 0 saturated heterocycles. The van der Waals surface area contributed by atoms with Crippen LogP contribution in [-0.2, 0) is 27.8 Å². The van der Waals surface area contributed by atoms with Crippen molar-refractivity contribution in [3.63, 3.8) is 0 Å². The van der Waals surface area contributed by atoms with E-state index in [9.17, 15) is 9.59 Å². The third kappa shape index (κ3) is 4.31. The number of hydrogen-bond donors (Lipinski definition) is 0. The van der Waals surface area contributed by atoms with Crippen LogP contribution >= 0.6 is 0 Å². The summed E-state index contributed by atoms with van der Waals surface area (Å²) in [6, 6.07) is 0. The van der Waals surface area contributed by atoms with Crippen LogP contribution in [0.4, 0.5) is 0 Å². The van der Waals surface area contributed by atoms with Gasteiger partial charge < -0.3 is 9.64 Å². The number of carbonyl (C=O) groups excluding carboxylic acids is 2. The highest BCUT2D eigenvalue weighted by Crippen LogP contribution is 2.14. The Morgan fingerprint density at radius 2 is 2.00 bits per heavy atom. The van der Waals surface area contributed by atoms with E-state index < -0.39 is 0 Å². The number of nitrogens with zero attached hydrogens (tertiary/aromatic N) is 3. The quantitative estimate of drug-likeness (QED) is 0.741. The highest BCUT2D eigenvalue weighted by atomic mass is 16.5. The first-order valence-corrected chi connectivity index (χ1v) is 7.08. The maximum absolute atomic E-state index is 12.1. The van der Waals surface area contributed by atoms with Crippen molar-refractivity contribution in [1.29, 1.82) is 0 Å². The second-order valence-electron chi connectivity index (χ2n) is 5.47. The van der Waals surface area contributed by atoms with Crippen molar-refractivity contribution in [2.45, 2.75) is 33.6 Å². The molecule has 0 N–H and O–H groups in total. The second kappa shape index (κ2) is 7.24. The molecule has 6 heteroatoms. The third-order valence-corrected chi connectivity index (χ3v) is 3.82. The molecule has 0 radical (unpaired) electrons. The number of amides is 1. The van der Waals surface area contributed by atoms with E-state index in [2.05, 4.69) is 9.84 Å². The zero-order valence-electron chi connectivity index (χ0n) is 13.8. The van der Waals surface area contributed by atoms with E-state index in [1.165, 1.54) is 7.11 Å². The number of aryl methyl sites for hydroxylation is 2. The number of rotatable bonds is 6. The second-order valence-corrected chi connectivity index (χ2v) is 5.47. The average molecular weight is 295 g/mol. The molecule has 6 nitrogen and oxygen atoms in total. The molecule has 118 valence electrons. The lowest BCUT2D eigenvalue weighted by Crippen LogP contribution is -2.34. The Kier molecular flexibility index (Phi) is 5.93. The Labute approximate surface area is 126 Å². The summed E-state index contributed by atoms with van der Waals surface area (Å²) in [4.78, 5) is 25.1. The van der Waals surface area contributed by atoms with E-state index in [-0.39, 0.29) is 17.8 Å². The number of hydrogen-bond acceptors (Lipinski definition) is 4. The predicted octanol–water partition coefficient (Wildman–Crippen LogP) is 1.24. The molecule has 0 spiro atoms. The monoisotopic (exact) mass is 295 g/mol. The van der Waals surface area contributed by atoms with Gasteiger partial charge in [-0.3, -0.25) is 14.3 Å². The maximum Gasteiger partial charge on any atom is 0.310 e. The van der Waals surface area contributed by atoms with E-state index in [0.717, 1.165) is 17.0 Å². The molecule has 1 atom stereocenters.